The monoisotopic (exact) mass is 208 g/mol. The molecule has 0 aliphatic heterocycles. The maximum absolute atomic E-state index is 11.0. The van der Waals surface area contributed by atoms with Gasteiger partial charge in [0.05, 0.1) is 12.2 Å². The number of hydrogen-bond acceptors (Lipinski definition) is 3. The lowest BCUT2D eigenvalue weighted by Gasteiger charge is -2.08. The van der Waals surface area contributed by atoms with Gasteiger partial charge in [-0.3, -0.25) is 4.79 Å². The Labute approximate surface area is 89.4 Å². The molecule has 1 amide bonds. The van der Waals surface area contributed by atoms with E-state index in [1.807, 2.05) is 13.1 Å². The largest absolute Gasteiger partial charge is 0.493 e. The van der Waals surface area contributed by atoms with Crippen molar-refractivity contribution in [3.8, 4) is 5.75 Å². The van der Waals surface area contributed by atoms with Crippen LogP contribution in [0, 0.1) is 0 Å². The van der Waals surface area contributed by atoms with Crippen LogP contribution >= 0.6 is 0 Å². The van der Waals surface area contributed by atoms with Gasteiger partial charge in [-0.2, -0.15) is 0 Å². The van der Waals surface area contributed by atoms with E-state index in [-0.39, 0.29) is 0 Å². The highest BCUT2D eigenvalue weighted by atomic mass is 16.5. The van der Waals surface area contributed by atoms with Crippen molar-refractivity contribution in [2.24, 2.45) is 5.73 Å². The normalized spacial score (nSPS) is 9.93. The molecular weight excluding hydrogens is 192 g/mol. The first-order valence-corrected chi connectivity index (χ1v) is 4.92. The van der Waals surface area contributed by atoms with Crippen LogP contribution in [-0.4, -0.2) is 26.1 Å². The molecule has 0 atom stereocenters. The highest BCUT2D eigenvalue weighted by Gasteiger charge is 2.07. The highest BCUT2D eigenvalue weighted by molar-refractivity contribution is 5.95. The van der Waals surface area contributed by atoms with Gasteiger partial charge in [-0.1, -0.05) is 12.1 Å². The van der Waals surface area contributed by atoms with Gasteiger partial charge in [-0.15, -0.1) is 0 Å². The summed E-state index contributed by atoms with van der Waals surface area (Å²) in [5.41, 5.74) is 5.65. The van der Waals surface area contributed by atoms with Gasteiger partial charge in [-0.05, 0) is 32.1 Å². The number of para-hydroxylation sites is 1. The van der Waals surface area contributed by atoms with E-state index in [0.29, 0.717) is 17.9 Å². The summed E-state index contributed by atoms with van der Waals surface area (Å²) in [6.45, 7) is 1.46. The Hall–Kier alpha value is -1.55. The number of nitrogens with two attached hydrogens (primary N) is 1. The Bertz CT molecular complexity index is 326. The number of carbonyl (C=O) groups is 1. The minimum atomic E-state index is -0.459. The van der Waals surface area contributed by atoms with Crippen LogP contribution in [0.2, 0.25) is 0 Å². The number of carbonyl (C=O) groups excluding carboxylic acids is 1. The highest BCUT2D eigenvalue weighted by Crippen LogP contribution is 2.16. The number of benzene rings is 1. The lowest BCUT2D eigenvalue weighted by atomic mass is 10.2. The van der Waals surface area contributed by atoms with E-state index in [9.17, 15) is 4.79 Å². The number of rotatable bonds is 6. The van der Waals surface area contributed by atoms with Gasteiger partial charge in [0.15, 0.2) is 0 Å². The van der Waals surface area contributed by atoms with Gasteiger partial charge in [0.25, 0.3) is 5.91 Å². The molecular formula is C11H16N2O2. The first kappa shape index (κ1) is 11.5. The molecule has 0 fully saturated rings. The van der Waals surface area contributed by atoms with Crippen molar-refractivity contribution in [3.63, 3.8) is 0 Å². The molecule has 0 spiro atoms. The summed E-state index contributed by atoms with van der Waals surface area (Å²) >= 11 is 0. The van der Waals surface area contributed by atoms with Crippen LogP contribution in [0.25, 0.3) is 0 Å². The van der Waals surface area contributed by atoms with E-state index in [1.165, 1.54) is 0 Å². The summed E-state index contributed by atoms with van der Waals surface area (Å²) in [7, 11) is 1.89. The summed E-state index contributed by atoms with van der Waals surface area (Å²) in [6.07, 6.45) is 0.892. The molecule has 0 bridgehead atoms. The molecule has 0 aromatic heterocycles. The molecule has 0 unspecified atom stereocenters. The third kappa shape index (κ3) is 3.59. The average Bonchev–Trinajstić information content (AvgIpc) is 2.25. The third-order valence-electron chi connectivity index (χ3n) is 1.98. The number of hydrogen-bond donors (Lipinski definition) is 2. The second-order valence-electron chi connectivity index (χ2n) is 3.17. The zero-order valence-electron chi connectivity index (χ0n) is 8.82. The van der Waals surface area contributed by atoms with Crippen LogP contribution in [-0.2, 0) is 0 Å². The molecule has 0 heterocycles. The van der Waals surface area contributed by atoms with Crippen LogP contribution in [0.5, 0.6) is 5.75 Å². The fourth-order valence-electron chi connectivity index (χ4n) is 1.23. The summed E-state index contributed by atoms with van der Waals surface area (Å²) in [4.78, 5) is 11.0. The smallest absolute Gasteiger partial charge is 0.252 e. The molecule has 4 nitrogen and oxygen atoms in total. The third-order valence-corrected chi connectivity index (χ3v) is 1.98. The quantitative estimate of drug-likeness (QED) is 0.679. The molecule has 15 heavy (non-hydrogen) atoms. The molecule has 0 radical (unpaired) electrons. The van der Waals surface area contributed by atoms with E-state index in [2.05, 4.69) is 5.32 Å². The SMILES string of the molecule is CNCCCOc1ccccc1C(N)=O. The summed E-state index contributed by atoms with van der Waals surface area (Å²) in [6, 6.07) is 7.00. The van der Waals surface area contributed by atoms with Gasteiger partial charge in [0.2, 0.25) is 0 Å². The van der Waals surface area contributed by atoms with Crippen LogP contribution < -0.4 is 15.8 Å². The Morgan fingerprint density at radius 3 is 2.87 bits per heavy atom. The van der Waals surface area contributed by atoms with Crippen molar-refractivity contribution >= 4 is 5.91 Å². The Morgan fingerprint density at radius 1 is 1.47 bits per heavy atom. The molecule has 3 N–H and O–H groups in total. The van der Waals surface area contributed by atoms with Gasteiger partial charge >= 0.3 is 0 Å². The van der Waals surface area contributed by atoms with E-state index < -0.39 is 5.91 Å². The first-order chi connectivity index (χ1) is 7.25. The summed E-state index contributed by atoms with van der Waals surface area (Å²) in [5.74, 6) is 0.0975. The van der Waals surface area contributed by atoms with Crippen molar-refractivity contribution in [2.75, 3.05) is 20.2 Å². The molecule has 4 heteroatoms. The van der Waals surface area contributed by atoms with E-state index >= 15 is 0 Å². The van der Waals surface area contributed by atoms with Gasteiger partial charge in [0, 0.05) is 0 Å². The first-order valence-electron chi connectivity index (χ1n) is 4.92. The summed E-state index contributed by atoms with van der Waals surface area (Å²) < 4.78 is 5.46. The summed E-state index contributed by atoms with van der Waals surface area (Å²) in [5, 5.41) is 3.02. The van der Waals surface area contributed by atoms with Gasteiger partial charge in [0.1, 0.15) is 5.75 Å². The van der Waals surface area contributed by atoms with Gasteiger partial charge in [-0.25, -0.2) is 0 Å². The number of amides is 1. The van der Waals surface area contributed by atoms with Crippen molar-refractivity contribution < 1.29 is 9.53 Å². The molecule has 0 saturated heterocycles. The predicted octanol–water partition coefficient (Wildman–Crippen LogP) is 0.774. The maximum Gasteiger partial charge on any atom is 0.252 e. The minimum Gasteiger partial charge on any atom is -0.493 e. The Kier molecular flexibility index (Phi) is 4.63. The molecule has 0 aliphatic carbocycles. The van der Waals surface area contributed by atoms with Crippen molar-refractivity contribution in [2.45, 2.75) is 6.42 Å². The van der Waals surface area contributed by atoms with E-state index in [0.717, 1.165) is 13.0 Å². The Morgan fingerprint density at radius 2 is 2.20 bits per heavy atom. The van der Waals surface area contributed by atoms with Crippen molar-refractivity contribution in [3.05, 3.63) is 29.8 Å². The second kappa shape index (κ2) is 6.03. The Balaban J connectivity index is 2.56. The molecule has 0 saturated carbocycles. The zero-order valence-corrected chi connectivity index (χ0v) is 8.82. The number of nitrogens with one attached hydrogen (secondary N) is 1. The van der Waals surface area contributed by atoms with Crippen molar-refractivity contribution in [1.29, 1.82) is 0 Å². The molecule has 1 rings (SSSR count). The fourth-order valence-corrected chi connectivity index (χ4v) is 1.23. The maximum atomic E-state index is 11.0. The van der Waals surface area contributed by atoms with Crippen LogP contribution in [0.4, 0.5) is 0 Å². The second-order valence-corrected chi connectivity index (χ2v) is 3.17. The minimum absolute atomic E-state index is 0.432. The van der Waals surface area contributed by atoms with Crippen molar-refractivity contribution in [1.82, 2.24) is 5.32 Å². The predicted molar refractivity (Wildman–Crippen MR) is 59.0 cm³/mol. The molecule has 82 valence electrons. The number of ether oxygens (including phenoxy) is 1. The fraction of sp³-hybridized carbons (Fsp3) is 0.364. The molecule has 1 aromatic carbocycles. The topological polar surface area (TPSA) is 64.3 Å². The van der Waals surface area contributed by atoms with E-state index in [1.54, 1.807) is 18.2 Å². The standard InChI is InChI=1S/C11H16N2O2/c1-13-7-4-8-15-10-6-3-2-5-9(10)11(12)14/h2-3,5-6,13H,4,7-8H2,1H3,(H2,12,14). The molecule has 0 aliphatic rings. The zero-order chi connectivity index (χ0) is 11.1. The van der Waals surface area contributed by atoms with Crippen LogP contribution in [0.15, 0.2) is 24.3 Å². The lowest BCUT2D eigenvalue weighted by molar-refractivity contribution is 0.0996. The average molecular weight is 208 g/mol. The van der Waals surface area contributed by atoms with Crippen LogP contribution in [0.3, 0.4) is 0 Å². The molecule has 1 aromatic rings. The van der Waals surface area contributed by atoms with Gasteiger partial charge < -0.3 is 15.8 Å². The lowest BCUT2D eigenvalue weighted by Crippen LogP contribution is -2.15. The number of primary amides is 1. The van der Waals surface area contributed by atoms with E-state index in [4.69, 9.17) is 10.5 Å². The van der Waals surface area contributed by atoms with Crippen LogP contribution in [0.1, 0.15) is 16.8 Å².